The number of hydrogen-bond acceptors (Lipinski definition) is 2. The van der Waals surface area contributed by atoms with Gasteiger partial charge in [-0.05, 0) is 17.8 Å². The molecule has 1 amide bonds. The fourth-order valence-electron chi connectivity index (χ4n) is 0.959. The summed E-state index contributed by atoms with van der Waals surface area (Å²) in [6, 6.07) is 0. The Bertz CT molecular complexity index is 235. The Balaban J connectivity index is -0.000000238. The van der Waals surface area contributed by atoms with Gasteiger partial charge in [0, 0.05) is 18.7 Å². The van der Waals surface area contributed by atoms with Gasteiger partial charge in [-0.15, -0.1) is 0 Å². The lowest BCUT2D eigenvalue weighted by atomic mass is 9.96. The van der Waals surface area contributed by atoms with Crippen molar-refractivity contribution in [2.75, 3.05) is 7.05 Å². The maximum absolute atomic E-state index is 10.8. The molecule has 2 unspecified atom stereocenters. The first kappa shape index (κ1) is 22.2. The molecule has 0 aromatic heterocycles. The van der Waals surface area contributed by atoms with Crippen molar-refractivity contribution in [3.8, 4) is 0 Å². The molecular formula is C15H34N2O. The molecule has 0 aliphatic carbocycles. The summed E-state index contributed by atoms with van der Waals surface area (Å²) in [5.41, 5.74) is 6.23. The number of hydrogen-bond donors (Lipinski definition) is 2. The summed E-state index contributed by atoms with van der Waals surface area (Å²) in [4.78, 5) is 10.8. The smallest absolute Gasteiger partial charge is 0.222 e. The fraction of sp³-hybridized carbons (Fsp3) is 0.800. The molecule has 0 aromatic rings. The van der Waals surface area contributed by atoms with E-state index in [1.807, 2.05) is 20.8 Å². The molecule has 0 heterocycles. The molecule has 3 heteroatoms. The van der Waals surface area contributed by atoms with Crippen molar-refractivity contribution in [3.05, 3.63) is 12.3 Å². The Morgan fingerprint density at radius 3 is 1.39 bits per heavy atom. The van der Waals surface area contributed by atoms with Gasteiger partial charge in [-0.25, -0.2) is 0 Å². The second kappa shape index (κ2) is 11.1. The molecule has 2 atom stereocenters. The molecule has 0 radical (unpaired) electrons. The van der Waals surface area contributed by atoms with Crippen LogP contribution in [-0.2, 0) is 4.79 Å². The van der Waals surface area contributed by atoms with Gasteiger partial charge in [0.1, 0.15) is 0 Å². The van der Waals surface area contributed by atoms with Gasteiger partial charge >= 0.3 is 0 Å². The van der Waals surface area contributed by atoms with Gasteiger partial charge in [-0.3, -0.25) is 4.79 Å². The third-order valence-electron chi connectivity index (χ3n) is 3.24. The zero-order chi connectivity index (χ0) is 14.2. The van der Waals surface area contributed by atoms with E-state index in [1.54, 1.807) is 7.05 Å². The minimum Gasteiger partial charge on any atom is -0.402 e. The maximum Gasteiger partial charge on any atom is 0.222 e. The van der Waals surface area contributed by atoms with Crippen molar-refractivity contribution in [1.29, 1.82) is 0 Å². The predicted octanol–water partition coefficient (Wildman–Crippen LogP) is 3.41. The van der Waals surface area contributed by atoms with Crippen LogP contribution in [0, 0.1) is 23.7 Å². The van der Waals surface area contributed by atoms with Gasteiger partial charge in [0.15, 0.2) is 0 Å². The molecule has 0 saturated heterocycles. The van der Waals surface area contributed by atoms with Crippen LogP contribution in [0.4, 0.5) is 0 Å². The van der Waals surface area contributed by atoms with Crippen molar-refractivity contribution >= 4 is 5.91 Å². The van der Waals surface area contributed by atoms with Crippen LogP contribution in [0.2, 0.25) is 0 Å². The molecule has 3 N–H and O–H groups in total. The lowest BCUT2D eigenvalue weighted by molar-refractivity contribution is -0.125. The van der Waals surface area contributed by atoms with E-state index in [0.29, 0.717) is 17.8 Å². The molecule has 0 aromatic carbocycles. The third kappa shape index (κ3) is 10.2. The summed E-state index contributed by atoms with van der Waals surface area (Å²) in [6.07, 6.45) is 0. The van der Waals surface area contributed by atoms with E-state index in [1.165, 1.54) is 0 Å². The van der Waals surface area contributed by atoms with Crippen LogP contribution in [0.1, 0.15) is 49.0 Å². The van der Waals surface area contributed by atoms with Gasteiger partial charge in [-0.2, -0.15) is 0 Å². The summed E-state index contributed by atoms with van der Waals surface area (Å²) in [5.74, 6) is 1.77. The molecule has 3 nitrogen and oxygen atoms in total. The second-order valence-corrected chi connectivity index (χ2v) is 5.25. The van der Waals surface area contributed by atoms with Crippen molar-refractivity contribution in [2.45, 2.75) is 49.0 Å². The molecule has 110 valence electrons. The number of amides is 1. The topological polar surface area (TPSA) is 55.1 Å². The average Bonchev–Trinajstić information content (AvgIpc) is 2.26. The predicted molar refractivity (Wildman–Crippen MR) is 82.1 cm³/mol. The molecule has 0 bridgehead atoms. The quantitative estimate of drug-likeness (QED) is 0.812. The highest BCUT2D eigenvalue weighted by molar-refractivity contribution is 5.78. The van der Waals surface area contributed by atoms with Crippen LogP contribution < -0.4 is 11.1 Å². The molecule has 0 spiro atoms. The van der Waals surface area contributed by atoms with E-state index >= 15 is 0 Å². The molecule has 0 aliphatic rings. The second-order valence-electron chi connectivity index (χ2n) is 5.25. The van der Waals surface area contributed by atoms with Gasteiger partial charge < -0.3 is 11.1 Å². The minimum absolute atomic E-state index is 0. The Morgan fingerprint density at radius 2 is 1.33 bits per heavy atom. The average molecular weight is 258 g/mol. The molecule has 0 aliphatic heterocycles. The van der Waals surface area contributed by atoms with E-state index in [2.05, 4.69) is 32.7 Å². The number of nitrogens with one attached hydrogen (secondary N) is 1. The zero-order valence-electron chi connectivity index (χ0n) is 12.5. The van der Waals surface area contributed by atoms with E-state index in [4.69, 9.17) is 5.73 Å². The van der Waals surface area contributed by atoms with Crippen molar-refractivity contribution in [3.63, 3.8) is 0 Å². The van der Waals surface area contributed by atoms with Crippen LogP contribution in [-0.4, -0.2) is 13.0 Å². The maximum atomic E-state index is 10.8. The molecule has 0 fully saturated rings. The highest BCUT2D eigenvalue weighted by atomic mass is 16.1. The molecular weight excluding hydrogens is 224 g/mol. The van der Waals surface area contributed by atoms with Crippen LogP contribution >= 0.6 is 0 Å². The lowest BCUT2D eigenvalue weighted by Crippen LogP contribution is -2.28. The van der Waals surface area contributed by atoms with Crippen molar-refractivity contribution < 1.29 is 4.79 Å². The highest BCUT2D eigenvalue weighted by Crippen LogP contribution is 2.13. The Labute approximate surface area is 114 Å². The van der Waals surface area contributed by atoms with Crippen molar-refractivity contribution in [1.82, 2.24) is 5.32 Å². The van der Waals surface area contributed by atoms with E-state index < -0.39 is 0 Å². The number of carbonyl (C=O) groups is 1. The summed E-state index contributed by atoms with van der Waals surface area (Å²) >= 11 is 0. The van der Waals surface area contributed by atoms with Gasteiger partial charge in [-0.1, -0.05) is 55.5 Å². The minimum atomic E-state index is 0. The first-order valence-electron chi connectivity index (χ1n) is 6.30. The Hall–Kier alpha value is -0.990. The van der Waals surface area contributed by atoms with Crippen LogP contribution in [0.25, 0.3) is 0 Å². The third-order valence-corrected chi connectivity index (χ3v) is 3.24. The monoisotopic (exact) mass is 258 g/mol. The number of allylic oxidation sites excluding steroid dienone is 1. The number of rotatable bonds is 4. The fourth-order valence-corrected chi connectivity index (χ4v) is 0.959. The first-order valence-corrected chi connectivity index (χ1v) is 6.30. The lowest BCUT2D eigenvalue weighted by Gasteiger charge is -2.13. The van der Waals surface area contributed by atoms with Crippen molar-refractivity contribution in [2.24, 2.45) is 29.4 Å². The number of nitrogens with two attached hydrogens (primary N) is 1. The molecule has 0 saturated carbocycles. The summed E-state index contributed by atoms with van der Waals surface area (Å²) in [6.45, 7) is 16.0. The van der Waals surface area contributed by atoms with Crippen LogP contribution in [0.3, 0.4) is 0 Å². The van der Waals surface area contributed by atoms with Gasteiger partial charge in [0.25, 0.3) is 0 Å². The zero-order valence-corrected chi connectivity index (χ0v) is 12.5. The van der Waals surface area contributed by atoms with Crippen LogP contribution in [0.5, 0.6) is 0 Å². The largest absolute Gasteiger partial charge is 0.402 e. The Kier molecular flexibility index (Phi) is 13.7. The standard InChI is InChI=1S/C7H15NO.C7H15N.CH4/c1-5(2)6(3)7(9)8-4;1-5(2)6(3)7(4)8;/h5-6H,1-4H3,(H,8,9);5-6H,4,8H2,1-3H3;1H4. The first-order chi connectivity index (χ1) is 7.64. The normalized spacial score (nSPS) is 12.9. The van der Waals surface area contributed by atoms with E-state index in [-0.39, 0.29) is 19.3 Å². The van der Waals surface area contributed by atoms with E-state index in [0.717, 1.165) is 5.70 Å². The molecule has 18 heavy (non-hydrogen) atoms. The van der Waals surface area contributed by atoms with Crippen LogP contribution in [0.15, 0.2) is 12.3 Å². The highest BCUT2D eigenvalue weighted by Gasteiger charge is 2.13. The molecule has 0 rings (SSSR count). The van der Waals surface area contributed by atoms with Gasteiger partial charge in [0.05, 0.1) is 0 Å². The summed E-state index contributed by atoms with van der Waals surface area (Å²) in [5, 5.41) is 2.61. The number of carbonyl (C=O) groups excluding carboxylic acids is 1. The van der Waals surface area contributed by atoms with E-state index in [9.17, 15) is 4.79 Å². The Morgan fingerprint density at radius 1 is 1.00 bits per heavy atom. The SMILES string of the molecule is C.C=C(N)C(C)C(C)C.CNC(=O)C(C)C(C)C. The summed E-state index contributed by atoms with van der Waals surface area (Å²) in [7, 11) is 1.67. The van der Waals surface area contributed by atoms with Gasteiger partial charge in [0.2, 0.25) is 5.91 Å². The summed E-state index contributed by atoms with van der Waals surface area (Å²) < 4.78 is 0.